The fraction of sp³-hybridized carbons (Fsp3) is 0.476. The van der Waals surface area contributed by atoms with Crippen LogP contribution in [-0.4, -0.2) is 34.8 Å². The summed E-state index contributed by atoms with van der Waals surface area (Å²) in [6.45, 7) is 5.55. The molecule has 0 spiro atoms. The average molecular weight is 386 g/mol. The molecule has 1 aromatic heterocycles. The van der Waals surface area contributed by atoms with Crippen molar-refractivity contribution in [2.75, 3.05) is 13.1 Å². The molecule has 1 N–H and O–H groups in total. The van der Waals surface area contributed by atoms with Crippen LogP contribution in [0.15, 0.2) is 41.9 Å². The molecule has 144 valence electrons. The molecule has 1 fully saturated rings. The summed E-state index contributed by atoms with van der Waals surface area (Å²) in [5.41, 5.74) is 0.709. The maximum Gasteiger partial charge on any atom is 0.253 e. The minimum absolute atomic E-state index is 0.0264. The number of carbonyl (C=O) groups excluding carboxylic acids is 2. The van der Waals surface area contributed by atoms with E-state index in [0.717, 1.165) is 11.4 Å². The quantitative estimate of drug-likeness (QED) is 0.820. The van der Waals surface area contributed by atoms with Gasteiger partial charge in [0, 0.05) is 36.1 Å². The van der Waals surface area contributed by atoms with E-state index in [1.54, 1.807) is 17.5 Å². The predicted molar refractivity (Wildman–Crippen MR) is 108 cm³/mol. The highest BCUT2D eigenvalue weighted by molar-refractivity contribution is 7.09. The predicted octanol–water partition coefficient (Wildman–Crippen LogP) is 3.90. The monoisotopic (exact) mass is 385 g/mol. The molecule has 0 radical (unpaired) electrons. The molecule has 5 nitrogen and oxygen atoms in total. The van der Waals surface area contributed by atoms with Crippen LogP contribution >= 0.6 is 11.3 Å². The Morgan fingerprint density at radius 3 is 2.52 bits per heavy atom. The lowest BCUT2D eigenvalue weighted by Gasteiger charge is -2.32. The fourth-order valence-corrected chi connectivity index (χ4v) is 4.20. The van der Waals surface area contributed by atoms with Crippen LogP contribution in [0.5, 0.6) is 0 Å². The van der Waals surface area contributed by atoms with E-state index in [2.05, 4.69) is 24.1 Å². The molecule has 6 heteroatoms. The summed E-state index contributed by atoms with van der Waals surface area (Å²) in [6.07, 6.45) is 4.07. The number of piperidine rings is 1. The van der Waals surface area contributed by atoms with Gasteiger partial charge < -0.3 is 10.2 Å². The van der Waals surface area contributed by atoms with Crippen LogP contribution in [0.1, 0.15) is 54.5 Å². The summed E-state index contributed by atoms with van der Waals surface area (Å²) >= 11 is 1.58. The van der Waals surface area contributed by atoms with E-state index in [4.69, 9.17) is 0 Å². The molecule has 1 atom stereocenters. The van der Waals surface area contributed by atoms with Crippen LogP contribution in [-0.2, 0) is 4.79 Å². The minimum Gasteiger partial charge on any atom is -0.347 e. The second-order valence-corrected chi connectivity index (χ2v) is 8.42. The zero-order valence-electron chi connectivity index (χ0n) is 15.9. The molecule has 1 unspecified atom stereocenters. The van der Waals surface area contributed by atoms with E-state index in [1.807, 2.05) is 40.6 Å². The zero-order chi connectivity index (χ0) is 19.2. The molecule has 0 bridgehead atoms. The Morgan fingerprint density at radius 1 is 1.22 bits per heavy atom. The third-order valence-electron chi connectivity index (χ3n) is 4.95. The van der Waals surface area contributed by atoms with E-state index in [9.17, 15) is 9.59 Å². The van der Waals surface area contributed by atoms with Crippen molar-refractivity contribution < 1.29 is 9.59 Å². The van der Waals surface area contributed by atoms with E-state index in [0.29, 0.717) is 37.4 Å². The second kappa shape index (κ2) is 9.13. The van der Waals surface area contributed by atoms with Crippen LogP contribution < -0.4 is 5.32 Å². The van der Waals surface area contributed by atoms with Gasteiger partial charge in [-0.3, -0.25) is 9.59 Å². The summed E-state index contributed by atoms with van der Waals surface area (Å²) < 4.78 is 0. The van der Waals surface area contributed by atoms with Gasteiger partial charge in [0.25, 0.3) is 5.91 Å². The minimum atomic E-state index is -0.0422. The highest BCUT2D eigenvalue weighted by Gasteiger charge is 2.29. The standard InChI is InChI=1S/C21H27N3O2S/c1-15(2)14-18(20-22-10-13-27-20)23-19(25)16-8-11-24(12-9-16)21(26)17-6-4-3-5-7-17/h3-7,10,13,15-16,18H,8-9,11-12,14H2,1-2H3,(H,23,25). The third kappa shape index (κ3) is 5.16. The van der Waals surface area contributed by atoms with Crippen molar-refractivity contribution in [2.45, 2.75) is 39.2 Å². The Labute approximate surface area is 164 Å². The van der Waals surface area contributed by atoms with Gasteiger partial charge in [-0.25, -0.2) is 4.98 Å². The summed E-state index contributed by atoms with van der Waals surface area (Å²) in [5, 5.41) is 6.12. The Kier molecular flexibility index (Phi) is 6.61. The molecular formula is C21H27N3O2S. The molecular weight excluding hydrogens is 358 g/mol. The topological polar surface area (TPSA) is 62.3 Å². The fourth-order valence-electron chi connectivity index (χ4n) is 3.50. The van der Waals surface area contributed by atoms with E-state index >= 15 is 0 Å². The number of hydrogen-bond donors (Lipinski definition) is 1. The lowest BCUT2D eigenvalue weighted by molar-refractivity contribution is -0.127. The number of hydrogen-bond acceptors (Lipinski definition) is 4. The zero-order valence-corrected chi connectivity index (χ0v) is 16.7. The highest BCUT2D eigenvalue weighted by atomic mass is 32.1. The van der Waals surface area contributed by atoms with Gasteiger partial charge in [-0.05, 0) is 37.3 Å². The summed E-state index contributed by atoms with van der Waals surface area (Å²) in [4.78, 5) is 31.6. The molecule has 3 rings (SSSR count). The first kappa shape index (κ1) is 19.5. The van der Waals surface area contributed by atoms with E-state index in [1.165, 1.54) is 0 Å². The molecule has 2 heterocycles. The lowest BCUT2D eigenvalue weighted by Crippen LogP contribution is -2.43. The molecule has 2 aromatic rings. The molecule has 0 aliphatic carbocycles. The Hall–Kier alpha value is -2.21. The number of thiazole rings is 1. The number of amides is 2. The van der Waals surface area contributed by atoms with Gasteiger partial charge in [-0.1, -0.05) is 32.0 Å². The van der Waals surface area contributed by atoms with E-state index in [-0.39, 0.29) is 23.8 Å². The highest BCUT2D eigenvalue weighted by Crippen LogP contribution is 2.25. The van der Waals surface area contributed by atoms with Crippen LogP contribution in [0.4, 0.5) is 0 Å². The van der Waals surface area contributed by atoms with Crippen molar-refractivity contribution in [3.63, 3.8) is 0 Å². The number of carbonyl (C=O) groups is 2. The van der Waals surface area contributed by atoms with Crippen LogP contribution in [0.3, 0.4) is 0 Å². The van der Waals surface area contributed by atoms with Gasteiger partial charge in [0.2, 0.25) is 5.91 Å². The van der Waals surface area contributed by atoms with Crippen molar-refractivity contribution in [3.8, 4) is 0 Å². The normalized spacial score (nSPS) is 16.3. The Bertz CT molecular complexity index is 738. The maximum absolute atomic E-state index is 12.8. The Morgan fingerprint density at radius 2 is 1.93 bits per heavy atom. The van der Waals surface area contributed by atoms with Gasteiger partial charge in [0.1, 0.15) is 5.01 Å². The largest absolute Gasteiger partial charge is 0.347 e. The van der Waals surface area contributed by atoms with Gasteiger partial charge in [-0.15, -0.1) is 11.3 Å². The lowest BCUT2D eigenvalue weighted by atomic mass is 9.94. The molecule has 1 aromatic carbocycles. The maximum atomic E-state index is 12.8. The number of rotatable bonds is 6. The van der Waals surface area contributed by atoms with Crippen molar-refractivity contribution in [3.05, 3.63) is 52.5 Å². The molecule has 2 amide bonds. The molecule has 27 heavy (non-hydrogen) atoms. The molecule has 0 saturated carbocycles. The second-order valence-electron chi connectivity index (χ2n) is 7.49. The third-order valence-corrected chi connectivity index (χ3v) is 5.84. The van der Waals surface area contributed by atoms with Crippen molar-refractivity contribution in [1.82, 2.24) is 15.2 Å². The van der Waals surface area contributed by atoms with Crippen LogP contribution in [0.25, 0.3) is 0 Å². The Balaban J connectivity index is 1.55. The van der Waals surface area contributed by atoms with Crippen LogP contribution in [0, 0.1) is 11.8 Å². The first-order valence-corrected chi connectivity index (χ1v) is 10.5. The average Bonchev–Trinajstić information content (AvgIpc) is 3.22. The van der Waals surface area contributed by atoms with E-state index < -0.39 is 0 Å². The van der Waals surface area contributed by atoms with Crippen molar-refractivity contribution >= 4 is 23.2 Å². The molecule has 1 saturated heterocycles. The SMILES string of the molecule is CC(C)CC(NC(=O)C1CCN(C(=O)c2ccccc2)CC1)c1nccs1. The molecule has 1 aliphatic rings. The number of likely N-dealkylation sites (tertiary alicyclic amines) is 1. The summed E-state index contributed by atoms with van der Waals surface area (Å²) in [5.74, 6) is 0.571. The van der Waals surface area contributed by atoms with Gasteiger partial charge in [-0.2, -0.15) is 0 Å². The van der Waals surface area contributed by atoms with Gasteiger partial charge in [0.05, 0.1) is 6.04 Å². The summed E-state index contributed by atoms with van der Waals surface area (Å²) in [6, 6.07) is 9.31. The number of benzene rings is 1. The van der Waals surface area contributed by atoms with Crippen molar-refractivity contribution in [1.29, 1.82) is 0 Å². The van der Waals surface area contributed by atoms with Crippen molar-refractivity contribution in [2.24, 2.45) is 11.8 Å². The van der Waals surface area contributed by atoms with Gasteiger partial charge in [0.15, 0.2) is 0 Å². The number of aromatic nitrogens is 1. The first-order chi connectivity index (χ1) is 13.0. The number of nitrogens with one attached hydrogen (secondary N) is 1. The first-order valence-electron chi connectivity index (χ1n) is 9.58. The smallest absolute Gasteiger partial charge is 0.253 e. The van der Waals surface area contributed by atoms with Crippen LogP contribution in [0.2, 0.25) is 0 Å². The van der Waals surface area contributed by atoms with Gasteiger partial charge >= 0.3 is 0 Å². The number of nitrogens with zero attached hydrogens (tertiary/aromatic N) is 2. The summed E-state index contributed by atoms with van der Waals surface area (Å²) in [7, 11) is 0. The molecule has 1 aliphatic heterocycles.